The van der Waals surface area contributed by atoms with Gasteiger partial charge in [-0.15, -0.1) is 0 Å². The van der Waals surface area contributed by atoms with Crippen molar-refractivity contribution in [1.29, 1.82) is 0 Å². The molecule has 4 rings (SSSR count). The molecule has 1 aliphatic heterocycles. The summed E-state index contributed by atoms with van der Waals surface area (Å²) in [6.45, 7) is 1.26. The van der Waals surface area contributed by atoms with E-state index in [2.05, 4.69) is 10.1 Å². The minimum absolute atomic E-state index is 0.0191. The van der Waals surface area contributed by atoms with Gasteiger partial charge in [-0.2, -0.15) is 4.98 Å². The first-order chi connectivity index (χ1) is 12.7. The molecule has 2 aliphatic rings. The Morgan fingerprint density at radius 1 is 1.35 bits per heavy atom. The summed E-state index contributed by atoms with van der Waals surface area (Å²) in [5.41, 5.74) is 0.681. The number of likely N-dealkylation sites (tertiary alicyclic amines) is 1. The average Bonchev–Trinajstić information content (AvgIpc) is 3.16. The first kappa shape index (κ1) is 17.2. The number of methoxy groups -OCH3 is 1. The number of aliphatic hydroxyl groups is 1. The molecular formula is C19H23N3O4. The molecule has 2 atom stereocenters. The summed E-state index contributed by atoms with van der Waals surface area (Å²) in [6.07, 6.45) is 1.75. The average molecular weight is 357 g/mol. The third-order valence-electron chi connectivity index (χ3n) is 5.52. The van der Waals surface area contributed by atoms with Gasteiger partial charge < -0.3 is 19.3 Å². The Balaban J connectivity index is 1.52. The molecule has 0 bridgehead atoms. The van der Waals surface area contributed by atoms with Crippen molar-refractivity contribution in [3.63, 3.8) is 0 Å². The predicted octanol–water partition coefficient (Wildman–Crippen LogP) is 1.48. The van der Waals surface area contributed by atoms with Gasteiger partial charge in [0, 0.05) is 32.7 Å². The van der Waals surface area contributed by atoms with Crippen molar-refractivity contribution >= 4 is 5.91 Å². The fraction of sp³-hybridized carbons (Fsp3) is 0.526. The molecule has 1 aromatic heterocycles. The molecule has 0 radical (unpaired) electrons. The van der Waals surface area contributed by atoms with Gasteiger partial charge >= 0.3 is 0 Å². The highest BCUT2D eigenvalue weighted by Gasteiger charge is 2.54. The molecule has 2 aromatic rings. The van der Waals surface area contributed by atoms with Gasteiger partial charge in [0.15, 0.2) is 5.82 Å². The minimum Gasteiger partial charge on any atom is -0.396 e. The molecule has 0 spiro atoms. The van der Waals surface area contributed by atoms with Crippen LogP contribution in [0.25, 0.3) is 0 Å². The summed E-state index contributed by atoms with van der Waals surface area (Å²) in [4.78, 5) is 19.4. The van der Waals surface area contributed by atoms with Gasteiger partial charge in [-0.1, -0.05) is 35.5 Å². The third kappa shape index (κ3) is 2.91. The second kappa shape index (κ2) is 6.81. The molecule has 1 aromatic carbocycles. The standard InChI is InChI=1S/C19H23N3O4/c1-25-12-16-20-17(26-21-16)15-10-22(9-13(15)11-23)18(24)19(7-8-19)14-5-3-2-4-6-14/h2-6,13,15,23H,7-12H2,1H3. The van der Waals surface area contributed by atoms with Crippen molar-refractivity contribution in [3.05, 3.63) is 47.6 Å². The van der Waals surface area contributed by atoms with E-state index in [4.69, 9.17) is 9.26 Å². The third-order valence-corrected chi connectivity index (χ3v) is 5.52. The number of carbonyl (C=O) groups is 1. The van der Waals surface area contributed by atoms with Crippen LogP contribution in [0.15, 0.2) is 34.9 Å². The summed E-state index contributed by atoms with van der Waals surface area (Å²) in [6, 6.07) is 9.96. The number of amides is 1. The molecule has 138 valence electrons. The molecule has 1 N–H and O–H groups in total. The molecule has 7 nitrogen and oxygen atoms in total. The van der Waals surface area contributed by atoms with E-state index in [9.17, 15) is 9.90 Å². The fourth-order valence-corrected chi connectivity index (χ4v) is 3.92. The SMILES string of the molecule is COCc1noc(C2CN(C(=O)C3(c4ccccc4)CC3)CC2CO)n1. The molecule has 2 fully saturated rings. The lowest BCUT2D eigenvalue weighted by atomic mass is 9.94. The summed E-state index contributed by atoms with van der Waals surface area (Å²) in [5.74, 6) is 0.846. The lowest BCUT2D eigenvalue weighted by Crippen LogP contribution is -2.38. The molecule has 7 heteroatoms. The molecule has 26 heavy (non-hydrogen) atoms. The highest BCUT2D eigenvalue weighted by Crippen LogP contribution is 2.50. The van der Waals surface area contributed by atoms with Crippen molar-refractivity contribution in [1.82, 2.24) is 15.0 Å². The van der Waals surface area contributed by atoms with Crippen molar-refractivity contribution in [2.45, 2.75) is 30.8 Å². The van der Waals surface area contributed by atoms with Crippen LogP contribution in [-0.4, -0.2) is 52.9 Å². The van der Waals surface area contributed by atoms with Gasteiger partial charge in [-0.25, -0.2) is 0 Å². The predicted molar refractivity (Wildman–Crippen MR) is 92.3 cm³/mol. The molecular weight excluding hydrogens is 334 g/mol. The Morgan fingerprint density at radius 3 is 2.77 bits per heavy atom. The Labute approximate surface area is 152 Å². The number of benzene rings is 1. The molecule has 1 aliphatic carbocycles. The maximum absolute atomic E-state index is 13.2. The first-order valence-corrected chi connectivity index (χ1v) is 8.95. The van der Waals surface area contributed by atoms with Crippen LogP contribution in [-0.2, 0) is 21.6 Å². The largest absolute Gasteiger partial charge is 0.396 e. The maximum atomic E-state index is 13.2. The number of carbonyl (C=O) groups excluding carboxylic acids is 1. The lowest BCUT2D eigenvalue weighted by molar-refractivity contribution is -0.133. The molecule has 1 saturated heterocycles. The highest BCUT2D eigenvalue weighted by molar-refractivity contribution is 5.91. The van der Waals surface area contributed by atoms with Crippen LogP contribution in [0.2, 0.25) is 0 Å². The number of hydrogen-bond donors (Lipinski definition) is 1. The van der Waals surface area contributed by atoms with E-state index in [-0.39, 0.29) is 31.0 Å². The first-order valence-electron chi connectivity index (χ1n) is 8.95. The zero-order chi connectivity index (χ0) is 18.1. The van der Waals surface area contributed by atoms with Crippen LogP contribution in [0.4, 0.5) is 0 Å². The molecule has 1 amide bonds. The smallest absolute Gasteiger partial charge is 0.233 e. The molecule has 2 unspecified atom stereocenters. The van der Waals surface area contributed by atoms with Gasteiger partial charge in [0.25, 0.3) is 0 Å². The van der Waals surface area contributed by atoms with Gasteiger partial charge in [0.1, 0.15) is 6.61 Å². The fourth-order valence-electron chi connectivity index (χ4n) is 3.92. The summed E-state index contributed by atoms with van der Waals surface area (Å²) < 4.78 is 10.4. The lowest BCUT2D eigenvalue weighted by Gasteiger charge is -2.23. The van der Waals surface area contributed by atoms with Gasteiger partial charge in [0.2, 0.25) is 11.8 Å². The Hall–Kier alpha value is -2.25. The highest BCUT2D eigenvalue weighted by atomic mass is 16.5. The van der Waals surface area contributed by atoms with Crippen LogP contribution in [0, 0.1) is 5.92 Å². The number of aliphatic hydroxyl groups excluding tert-OH is 1. The van der Waals surface area contributed by atoms with E-state index in [0.29, 0.717) is 24.8 Å². The Bertz CT molecular complexity index is 772. The van der Waals surface area contributed by atoms with Crippen LogP contribution in [0.1, 0.15) is 36.0 Å². The monoisotopic (exact) mass is 357 g/mol. The van der Waals surface area contributed by atoms with E-state index in [0.717, 1.165) is 18.4 Å². The van der Waals surface area contributed by atoms with Gasteiger partial charge in [-0.3, -0.25) is 4.79 Å². The molecule has 2 heterocycles. The van der Waals surface area contributed by atoms with E-state index in [1.807, 2.05) is 35.2 Å². The normalized spacial score (nSPS) is 24.0. The minimum atomic E-state index is -0.397. The van der Waals surface area contributed by atoms with Crippen LogP contribution in [0.5, 0.6) is 0 Å². The van der Waals surface area contributed by atoms with E-state index in [1.165, 1.54) is 0 Å². The van der Waals surface area contributed by atoms with Crippen LogP contribution >= 0.6 is 0 Å². The van der Waals surface area contributed by atoms with Crippen LogP contribution < -0.4 is 0 Å². The quantitative estimate of drug-likeness (QED) is 0.842. The van der Waals surface area contributed by atoms with Crippen molar-refractivity contribution < 1.29 is 19.2 Å². The summed E-state index contributed by atoms with van der Waals surface area (Å²) >= 11 is 0. The van der Waals surface area contributed by atoms with Crippen molar-refractivity contribution in [3.8, 4) is 0 Å². The number of nitrogens with zero attached hydrogens (tertiary/aromatic N) is 3. The van der Waals surface area contributed by atoms with Crippen molar-refractivity contribution in [2.75, 3.05) is 26.8 Å². The number of rotatable bonds is 6. The summed E-state index contributed by atoms with van der Waals surface area (Å²) in [7, 11) is 1.57. The van der Waals surface area contributed by atoms with Gasteiger partial charge in [0.05, 0.1) is 11.3 Å². The molecule has 1 saturated carbocycles. The van der Waals surface area contributed by atoms with E-state index in [1.54, 1.807) is 7.11 Å². The van der Waals surface area contributed by atoms with Crippen LogP contribution in [0.3, 0.4) is 0 Å². The Kier molecular flexibility index (Phi) is 4.50. The Morgan fingerprint density at radius 2 is 2.12 bits per heavy atom. The number of ether oxygens (including phenoxy) is 1. The zero-order valence-electron chi connectivity index (χ0n) is 14.8. The maximum Gasteiger partial charge on any atom is 0.233 e. The number of aromatic nitrogens is 2. The number of hydrogen-bond acceptors (Lipinski definition) is 6. The second-order valence-electron chi connectivity index (χ2n) is 7.19. The summed E-state index contributed by atoms with van der Waals surface area (Å²) in [5, 5.41) is 13.7. The van der Waals surface area contributed by atoms with Crippen molar-refractivity contribution in [2.24, 2.45) is 5.92 Å². The van der Waals surface area contributed by atoms with E-state index >= 15 is 0 Å². The van der Waals surface area contributed by atoms with E-state index < -0.39 is 5.41 Å². The zero-order valence-corrected chi connectivity index (χ0v) is 14.8. The van der Waals surface area contributed by atoms with Gasteiger partial charge in [-0.05, 0) is 18.4 Å². The topological polar surface area (TPSA) is 88.7 Å². The second-order valence-corrected chi connectivity index (χ2v) is 7.19.